The van der Waals surface area contributed by atoms with Crippen LogP contribution >= 0.6 is 11.3 Å². The zero-order valence-electron chi connectivity index (χ0n) is 14.6. The number of nitrogens with zero attached hydrogens (tertiary/aromatic N) is 1. The summed E-state index contributed by atoms with van der Waals surface area (Å²) in [4.78, 5) is 17.1. The number of rotatable bonds is 4. The highest BCUT2D eigenvalue weighted by atomic mass is 32.1. The summed E-state index contributed by atoms with van der Waals surface area (Å²) >= 11 is 1.52. The second-order valence-electron chi connectivity index (χ2n) is 6.42. The average molecular weight is 368 g/mol. The molecular weight excluding hydrogens is 351 g/mol. The first-order chi connectivity index (χ1) is 12.4. The fraction of sp³-hybridized carbons (Fsp3) is 0.200. The number of carbonyl (C=O) groups is 1. The number of halogens is 1. The van der Waals surface area contributed by atoms with Crippen LogP contribution in [0.5, 0.6) is 0 Å². The van der Waals surface area contributed by atoms with Crippen LogP contribution in [0.3, 0.4) is 0 Å². The Labute approximate surface area is 153 Å². The Morgan fingerprint density at radius 1 is 1.23 bits per heavy atom. The summed E-state index contributed by atoms with van der Waals surface area (Å²) in [6.07, 6.45) is 0. The van der Waals surface area contributed by atoms with Gasteiger partial charge in [-0.05, 0) is 56.2 Å². The number of benzene rings is 2. The summed E-state index contributed by atoms with van der Waals surface area (Å²) in [6.45, 7) is 5.92. The number of thiazole rings is 1. The lowest BCUT2D eigenvalue weighted by atomic mass is 10.1. The first-order valence-corrected chi connectivity index (χ1v) is 9.07. The van der Waals surface area contributed by atoms with Crippen LogP contribution in [-0.2, 0) is 0 Å². The molecule has 0 aliphatic rings. The molecule has 0 saturated carbocycles. The van der Waals surface area contributed by atoms with Crippen LogP contribution in [0, 0.1) is 26.6 Å². The minimum absolute atomic E-state index is 0.0704. The molecule has 2 aromatic heterocycles. The van der Waals surface area contributed by atoms with E-state index in [0.717, 1.165) is 15.8 Å². The molecule has 0 bridgehead atoms. The second-order valence-corrected chi connectivity index (χ2v) is 7.45. The molecule has 0 aliphatic heterocycles. The quantitative estimate of drug-likeness (QED) is 0.490. The highest BCUT2D eigenvalue weighted by molar-refractivity contribution is 7.22. The van der Waals surface area contributed by atoms with E-state index in [2.05, 4.69) is 29.4 Å². The lowest BCUT2D eigenvalue weighted by Crippen LogP contribution is -2.14. The van der Waals surface area contributed by atoms with E-state index in [9.17, 15) is 9.18 Å². The Balaban J connectivity index is 1.57. The van der Waals surface area contributed by atoms with E-state index in [0.29, 0.717) is 21.7 Å². The van der Waals surface area contributed by atoms with E-state index in [4.69, 9.17) is 4.42 Å². The van der Waals surface area contributed by atoms with Crippen molar-refractivity contribution < 1.29 is 13.6 Å². The van der Waals surface area contributed by atoms with Crippen molar-refractivity contribution in [3.8, 4) is 0 Å². The van der Waals surface area contributed by atoms with Crippen molar-refractivity contribution in [2.45, 2.75) is 20.8 Å². The first kappa shape index (κ1) is 16.7. The number of nitrogens with one attached hydrogen (secondary N) is 1. The van der Waals surface area contributed by atoms with Gasteiger partial charge in [-0.25, -0.2) is 9.37 Å². The molecule has 4 aromatic rings. The molecule has 132 valence electrons. The largest absolute Gasteiger partial charge is 0.453 e. The van der Waals surface area contributed by atoms with E-state index in [1.165, 1.54) is 29.0 Å². The van der Waals surface area contributed by atoms with Gasteiger partial charge in [0.2, 0.25) is 5.78 Å². The molecule has 0 spiro atoms. The van der Waals surface area contributed by atoms with Gasteiger partial charge in [0.25, 0.3) is 0 Å². The van der Waals surface area contributed by atoms with Gasteiger partial charge in [0.15, 0.2) is 10.9 Å². The lowest BCUT2D eigenvalue weighted by Gasteiger charge is -2.00. The minimum Gasteiger partial charge on any atom is -0.453 e. The van der Waals surface area contributed by atoms with Crippen molar-refractivity contribution in [1.82, 2.24) is 4.98 Å². The molecule has 0 unspecified atom stereocenters. The lowest BCUT2D eigenvalue weighted by molar-refractivity contribution is 0.0981. The van der Waals surface area contributed by atoms with Gasteiger partial charge >= 0.3 is 0 Å². The number of aromatic nitrogens is 1. The van der Waals surface area contributed by atoms with Gasteiger partial charge in [0.05, 0.1) is 16.8 Å². The van der Waals surface area contributed by atoms with E-state index < -0.39 is 0 Å². The molecule has 0 fully saturated rings. The first-order valence-electron chi connectivity index (χ1n) is 8.26. The van der Waals surface area contributed by atoms with Crippen LogP contribution < -0.4 is 5.32 Å². The SMILES string of the molecule is Cc1cc(C)c2nc(NCC(=O)c3oc4ccc(F)cc4c3C)sc2c1. The molecule has 4 nitrogen and oxygen atoms in total. The number of anilines is 1. The average Bonchev–Trinajstić information content (AvgIpc) is 3.14. The minimum atomic E-state index is -0.348. The molecule has 0 amide bonds. The zero-order chi connectivity index (χ0) is 18.4. The van der Waals surface area contributed by atoms with Crippen LogP contribution in [0.2, 0.25) is 0 Å². The fourth-order valence-electron chi connectivity index (χ4n) is 3.14. The van der Waals surface area contributed by atoms with Gasteiger partial charge in [0, 0.05) is 10.9 Å². The molecule has 6 heteroatoms. The zero-order valence-corrected chi connectivity index (χ0v) is 15.5. The predicted molar refractivity (Wildman–Crippen MR) is 103 cm³/mol. The molecule has 26 heavy (non-hydrogen) atoms. The van der Waals surface area contributed by atoms with Gasteiger partial charge in [-0.15, -0.1) is 0 Å². The summed E-state index contributed by atoms with van der Waals surface area (Å²) < 4.78 is 20.1. The van der Waals surface area contributed by atoms with E-state index in [1.54, 1.807) is 13.0 Å². The number of aryl methyl sites for hydroxylation is 3. The number of hydrogen-bond donors (Lipinski definition) is 1. The Morgan fingerprint density at radius 2 is 2.04 bits per heavy atom. The Morgan fingerprint density at radius 3 is 2.85 bits per heavy atom. The normalized spacial score (nSPS) is 11.4. The van der Waals surface area contributed by atoms with Crippen LogP contribution in [0.1, 0.15) is 27.2 Å². The van der Waals surface area contributed by atoms with E-state index >= 15 is 0 Å². The van der Waals surface area contributed by atoms with Crippen molar-refractivity contribution >= 4 is 43.4 Å². The fourth-order valence-corrected chi connectivity index (χ4v) is 4.18. The Kier molecular flexibility index (Phi) is 4.00. The second kappa shape index (κ2) is 6.21. The van der Waals surface area contributed by atoms with Crippen molar-refractivity contribution in [3.63, 3.8) is 0 Å². The number of Topliss-reactive ketones (excluding diaryl/α,β-unsaturated/α-hetero) is 1. The smallest absolute Gasteiger partial charge is 0.217 e. The van der Waals surface area contributed by atoms with E-state index in [1.807, 2.05) is 6.92 Å². The predicted octanol–water partition coefficient (Wildman–Crippen LogP) is 5.40. The van der Waals surface area contributed by atoms with Crippen LogP contribution in [-0.4, -0.2) is 17.3 Å². The topological polar surface area (TPSA) is 55.1 Å². The number of furan rings is 1. The molecular formula is C20H17FN2O2S. The maximum atomic E-state index is 13.4. The maximum Gasteiger partial charge on any atom is 0.217 e. The van der Waals surface area contributed by atoms with Crippen molar-refractivity contribution in [2.24, 2.45) is 0 Å². The molecule has 2 heterocycles. The Hall–Kier alpha value is -2.73. The number of fused-ring (bicyclic) bond motifs is 2. The molecule has 0 saturated heterocycles. The van der Waals surface area contributed by atoms with Gasteiger partial charge in [-0.2, -0.15) is 0 Å². The molecule has 1 N–H and O–H groups in total. The van der Waals surface area contributed by atoms with Crippen LogP contribution in [0.4, 0.5) is 9.52 Å². The van der Waals surface area contributed by atoms with Gasteiger partial charge in [-0.3, -0.25) is 4.79 Å². The molecule has 0 atom stereocenters. The van der Waals surface area contributed by atoms with Crippen LogP contribution in [0.15, 0.2) is 34.7 Å². The summed E-state index contributed by atoms with van der Waals surface area (Å²) in [6, 6.07) is 8.43. The maximum absolute atomic E-state index is 13.4. The number of carbonyl (C=O) groups excluding carboxylic acids is 1. The monoisotopic (exact) mass is 368 g/mol. The molecule has 2 aromatic carbocycles. The summed E-state index contributed by atoms with van der Waals surface area (Å²) in [7, 11) is 0. The van der Waals surface area contributed by atoms with Crippen LogP contribution in [0.25, 0.3) is 21.2 Å². The Bertz CT molecular complexity index is 1160. The third-order valence-corrected chi connectivity index (χ3v) is 5.34. The third-order valence-electron chi connectivity index (χ3n) is 4.38. The van der Waals surface area contributed by atoms with Crippen molar-refractivity contribution in [1.29, 1.82) is 0 Å². The molecule has 0 aliphatic carbocycles. The van der Waals surface area contributed by atoms with Gasteiger partial charge < -0.3 is 9.73 Å². The summed E-state index contributed by atoms with van der Waals surface area (Å²) in [5.74, 6) is -0.281. The van der Waals surface area contributed by atoms with Crippen molar-refractivity contribution in [2.75, 3.05) is 11.9 Å². The molecule has 4 rings (SSSR count). The summed E-state index contributed by atoms with van der Waals surface area (Å²) in [5, 5.41) is 4.41. The van der Waals surface area contributed by atoms with Crippen molar-refractivity contribution in [3.05, 3.63) is 58.6 Å². The number of ketones is 1. The summed E-state index contributed by atoms with van der Waals surface area (Å²) in [5.41, 5.74) is 4.42. The highest BCUT2D eigenvalue weighted by Gasteiger charge is 2.18. The highest BCUT2D eigenvalue weighted by Crippen LogP contribution is 2.30. The molecule has 0 radical (unpaired) electrons. The number of hydrogen-bond acceptors (Lipinski definition) is 5. The van der Waals surface area contributed by atoms with E-state index in [-0.39, 0.29) is 23.9 Å². The van der Waals surface area contributed by atoms with Gasteiger partial charge in [0.1, 0.15) is 11.4 Å². The van der Waals surface area contributed by atoms with Gasteiger partial charge in [-0.1, -0.05) is 17.4 Å². The standard InChI is InChI=1S/C20H17FN2O2S/c1-10-6-11(2)18-17(7-10)26-20(23-18)22-9-15(24)19-12(3)14-8-13(21)4-5-16(14)25-19/h4-8H,9H2,1-3H3,(H,22,23). The third kappa shape index (κ3) is 2.86.